The van der Waals surface area contributed by atoms with Gasteiger partial charge in [0.1, 0.15) is 0 Å². The third kappa shape index (κ3) is 3.11. The Morgan fingerprint density at radius 2 is 2.31 bits per heavy atom. The summed E-state index contributed by atoms with van der Waals surface area (Å²) in [6.45, 7) is 5.51. The molecule has 1 N–H and O–H groups in total. The molecule has 0 radical (unpaired) electrons. The van der Waals surface area contributed by atoms with Gasteiger partial charge in [0.05, 0.1) is 5.01 Å². The Kier molecular flexibility index (Phi) is 3.63. The summed E-state index contributed by atoms with van der Waals surface area (Å²) in [5, 5.41) is 8.15. The summed E-state index contributed by atoms with van der Waals surface area (Å²) in [5.41, 5.74) is 0. The monoisotopic (exact) mass is 238 g/mol. The van der Waals surface area contributed by atoms with Gasteiger partial charge in [-0.3, -0.25) is 0 Å². The molecule has 16 heavy (non-hydrogen) atoms. The van der Waals surface area contributed by atoms with E-state index in [2.05, 4.69) is 20.4 Å². The fourth-order valence-electron chi connectivity index (χ4n) is 1.34. The van der Waals surface area contributed by atoms with Crippen molar-refractivity contribution in [1.82, 2.24) is 20.4 Å². The second kappa shape index (κ2) is 5.18. The van der Waals surface area contributed by atoms with Crippen molar-refractivity contribution in [1.29, 1.82) is 0 Å². The van der Waals surface area contributed by atoms with Crippen molar-refractivity contribution in [3.05, 3.63) is 27.8 Å². The molecular formula is C10H14N4OS. The van der Waals surface area contributed by atoms with Crippen LogP contribution in [0.1, 0.15) is 21.6 Å². The van der Waals surface area contributed by atoms with Crippen LogP contribution in [0, 0.1) is 13.8 Å². The quantitative estimate of drug-likeness (QED) is 0.799. The highest BCUT2D eigenvalue weighted by atomic mass is 32.1. The van der Waals surface area contributed by atoms with Gasteiger partial charge in [0, 0.05) is 30.6 Å². The van der Waals surface area contributed by atoms with Crippen molar-refractivity contribution in [2.24, 2.45) is 0 Å². The zero-order chi connectivity index (χ0) is 11.4. The van der Waals surface area contributed by atoms with Gasteiger partial charge in [0.15, 0.2) is 5.82 Å². The SMILES string of the molecule is Cc1noc(CCNCc2cnc(C)s2)n1. The van der Waals surface area contributed by atoms with Gasteiger partial charge in [-0.25, -0.2) is 4.98 Å². The maximum absolute atomic E-state index is 5.01. The largest absolute Gasteiger partial charge is 0.339 e. The number of nitrogens with one attached hydrogen (secondary N) is 1. The van der Waals surface area contributed by atoms with Gasteiger partial charge in [-0.05, 0) is 13.8 Å². The molecule has 0 atom stereocenters. The van der Waals surface area contributed by atoms with E-state index in [0.717, 1.165) is 24.5 Å². The van der Waals surface area contributed by atoms with E-state index in [0.29, 0.717) is 11.7 Å². The zero-order valence-corrected chi connectivity index (χ0v) is 10.2. The lowest BCUT2D eigenvalue weighted by Crippen LogP contribution is -2.16. The van der Waals surface area contributed by atoms with E-state index < -0.39 is 0 Å². The molecule has 2 aromatic heterocycles. The fourth-order valence-corrected chi connectivity index (χ4v) is 2.10. The molecule has 0 spiro atoms. The average Bonchev–Trinajstić information content (AvgIpc) is 2.83. The molecule has 0 fully saturated rings. The minimum absolute atomic E-state index is 0.686. The smallest absolute Gasteiger partial charge is 0.227 e. The predicted octanol–water partition coefficient (Wildman–Crippen LogP) is 1.48. The molecule has 0 saturated carbocycles. The second-order valence-corrected chi connectivity index (χ2v) is 4.83. The molecule has 86 valence electrons. The molecule has 2 rings (SSSR count). The Labute approximate surface area is 97.9 Å². The van der Waals surface area contributed by atoms with Gasteiger partial charge in [-0.2, -0.15) is 4.98 Å². The molecule has 0 bridgehead atoms. The number of hydrogen-bond donors (Lipinski definition) is 1. The maximum Gasteiger partial charge on any atom is 0.227 e. The minimum Gasteiger partial charge on any atom is -0.339 e. The van der Waals surface area contributed by atoms with Crippen LogP contribution in [0.4, 0.5) is 0 Å². The number of aryl methyl sites for hydroxylation is 2. The van der Waals surface area contributed by atoms with Gasteiger partial charge in [0.2, 0.25) is 5.89 Å². The summed E-state index contributed by atoms with van der Waals surface area (Å²) in [6.07, 6.45) is 2.67. The topological polar surface area (TPSA) is 63.8 Å². The summed E-state index contributed by atoms with van der Waals surface area (Å²) in [4.78, 5) is 9.58. The summed E-state index contributed by atoms with van der Waals surface area (Å²) in [7, 11) is 0. The van der Waals surface area contributed by atoms with Crippen LogP contribution in [-0.4, -0.2) is 21.7 Å². The lowest BCUT2D eigenvalue weighted by atomic mass is 10.4. The molecule has 0 aliphatic carbocycles. The molecule has 0 amide bonds. The first-order chi connectivity index (χ1) is 7.74. The first kappa shape index (κ1) is 11.2. The molecule has 2 aromatic rings. The van der Waals surface area contributed by atoms with Crippen molar-refractivity contribution in [2.75, 3.05) is 6.54 Å². The number of aromatic nitrogens is 3. The third-order valence-electron chi connectivity index (χ3n) is 2.05. The summed E-state index contributed by atoms with van der Waals surface area (Å²) in [5.74, 6) is 1.37. The third-order valence-corrected chi connectivity index (χ3v) is 2.97. The second-order valence-electron chi connectivity index (χ2n) is 3.51. The zero-order valence-electron chi connectivity index (χ0n) is 9.36. The summed E-state index contributed by atoms with van der Waals surface area (Å²) < 4.78 is 5.01. The Balaban J connectivity index is 1.69. The fraction of sp³-hybridized carbons (Fsp3) is 0.500. The van der Waals surface area contributed by atoms with Crippen molar-refractivity contribution in [2.45, 2.75) is 26.8 Å². The van der Waals surface area contributed by atoms with Crippen LogP contribution < -0.4 is 5.32 Å². The molecular weight excluding hydrogens is 224 g/mol. The number of nitrogens with zero attached hydrogens (tertiary/aromatic N) is 3. The molecule has 2 heterocycles. The normalized spacial score (nSPS) is 10.9. The summed E-state index contributed by atoms with van der Waals surface area (Å²) in [6, 6.07) is 0. The van der Waals surface area contributed by atoms with Crippen LogP contribution in [0.2, 0.25) is 0 Å². The highest BCUT2D eigenvalue weighted by molar-refractivity contribution is 7.11. The van der Waals surface area contributed by atoms with Gasteiger partial charge in [-0.15, -0.1) is 11.3 Å². The molecule has 0 aliphatic heterocycles. The Morgan fingerprint density at radius 3 is 2.94 bits per heavy atom. The number of thiazole rings is 1. The standard InChI is InChI=1S/C10H14N4OS/c1-7-13-10(15-14-7)3-4-11-5-9-6-12-8(2)16-9/h6,11H,3-5H2,1-2H3. The highest BCUT2D eigenvalue weighted by Crippen LogP contribution is 2.10. The van der Waals surface area contributed by atoms with E-state index in [1.165, 1.54) is 4.88 Å². The van der Waals surface area contributed by atoms with Crippen LogP contribution in [0.3, 0.4) is 0 Å². The molecule has 6 heteroatoms. The van der Waals surface area contributed by atoms with Crippen molar-refractivity contribution in [3.63, 3.8) is 0 Å². The van der Waals surface area contributed by atoms with Gasteiger partial charge < -0.3 is 9.84 Å². The van der Waals surface area contributed by atoms with Gasteiger partial charge >= 0.3 is 0 Å². The van der Waals surface area contributed by atoms with Crippen LogP contribution in [-0.2, 0) is 13.0 Å². The van der Waals surface area contributed by atoms with Crippen LogP contribution in [0.5, 0.6) is 0 Å². The molecule has 0 aliphatic rings. The van der Waals surface area contributed by atoms with Crippen LogP contribution in [0.25, 0.3) is 0 Å². The molecule has 0 unspecified atom stereocenters. The van der Waals surface area contributed by atoms with Gasteiger partial charge in [0.25, 0.3) is 0 Å². The van der Waals surface area contributed by atoms with E-state index in [1.54, 1.807) is 11.3 Å². The molecule has 0 aromatic carbocycles. The first-order valence-corrected chi connectivity index (χ1v) is 5.97. The van der Waals surface area contributed by atoms with E-state index in [1.807, 2.05) is 20.0 Å². The number of hydrogen-bond acceptors (Lipinski definition) is 6. The van der Waals surface area contributed by atoms with Crippen LogP contribution >= 0.6 is 11.3 Å². The van der Waals surface area contributed by atoms with E-state index in [4.69, 9.17) is 4.52 Å². The lowest BCUT2D eigenvalue weighted by molar-refractivity contribution is 0.372. The van der Waals surface area contributed by atoms with E-state index in [-0.39, 0.29) is 0 Å². The Morgan fingerprint density at radius 1 is 1.44 bits per heavy atom. The van der Waals surface area contributed by atoms with E-state index >= 15 is 0 Å². The minimum atomic E-state index is 0.686. The van der Waals surface area contributed by atoms with Crippen molar-refractivity contribution in [3.8, 4) is 0 Å². The lowest BCUT2D eigenvalue weighted by Gasteiger charge is -1.98. The highest BCUT2D eigenvalue weighted by Gasteiger charge is 2.02. The van der Waals surface area contributed by atoms with Crippen molar-refractivity contribution >= 4 is 11.3 Å². The molecule has 5 nitrogen and oxygen atoms in total. The van der Waals surface area contributed by atoms with Crippen LogP contribution in [0.15, 0.2) is 10.7 Å². The maximum atomic E-state index is 5.01. The van der Waals surface area contributed by atoms with E-state index in [9.17, 15) is 0 Å². The first-order valence-electron chi connectivity index (χ1n) is 5.15. The Hall–Kier alpha value is -1.27. The van der Waals surface area contributed by atoms with Gasteiger partial charge in [-0.1, -0.05) is 5.16 Å². The average molecular weight is 238 g/mol. The predicted molar refractivity (Wildman–Crippen MR) is 61.3 cm³/mol. The summed E-state index contributed by atoms with van der Waals surface area (Å²) >= 11 is 1.71. The Bertz CT molecular complexity index is 409. The van der Waals surface area contributed by atoms with Crippen molar-refractivity contribution < 1.29 is 4.52 Å². The number of rotatable bonds is 5. The molecule has 0 saturated heterocycles.